The van der Waals surface area contributed by atoms with Gasteiger partial charge in [-0.25, -0.2) is 4.98 Å². The molecule has 0 saturated carbocycles. The van der Waals surface area contributed by atoms with Crippen LogP contribution >= 0.6 is 12.2 Å². The Kier molecular flexibility index (Phi) is 3.48. The van der Waals surface area contributed by atoms with E-state index >= 15 is 0 Å². The van der Waals surface area contributed by atoms with Crippen molar-refractivity contribution in [3.05, 3.63) is 28.7 Å². The number of H-pyrrole nitrogens is 1. The van der Waals surface area contributed by atoms with Crippen molar-refractivity contribution in [3.63, 3.8) is 0 Å². The first-order chi connectivity index (χ1) is 9.61. The van der Waals surface area contributed by atoms with E-state index in [1.165, 1.54) is 0 Å². The number of nitrogens with one attached hydrogen (secondary N) is 1. The summed E-state index contributed by atoms with van der Waals surface area (Å²) in [5.41, 5.74) is 1.05. The quantitative estimate of drug-likeness (QED) is 0.567. The Morgan fingerprint density at radius 3 is 2.85 bits per heavy atom. The molecule has 3 aliphatic heterocycles. The normalized spacial score (nSPS) is 29.9. The van der Waals surface area contributed by atoms with Crippen LogP contribution in [0.4, 0.5) is 0 Å². The average molecular weight is 295 g/mol. The summed E-state index contributed by atoms with van der Waals surface area (Å²) in [6.45, 7) is -0.380. The lowest BCUT2D eigenvalue weighted by Gasteiger charge is -2.16. The second-order valence-corrected chi connectivity index (χ2v) is 4.99. The third-order valence-corrected chi connectivity index (χ3v) is 3.68. The van der Waals surface area contributed by atoms with Crippen molar-refractivity contribution in [1.29, 1.82) is 0 Å². The third-order valence-electron chi connectivity index (χ3n) is 3.35. The second kappa shape index (κ2) is 5.15. The molecule has 4 N–H and O–H groups in total. The van der Waals surface area contributed by atoms with Gasteiger partial charge in [0.15, 0.2) is 5.82 Å². The number of aromatic amines is 1. The Hall–Kier alpha value is -1.45. The molecule has 0 radical (unpaired) electrons. The fourth-order valence-electron chi connectivity index (χ4n) is 2.30. The van der Waals surface area contributed by atoms with E-state index in [1.54, 1.807) is 18.5 Å². The molecule has 0 amide bonds. The van der Waals surface area contributed by atoms with Crippen LogP contribution in [0.15, 0.2) is 18.5 Å². The molecule has 0 aromatic heterocycles. The Balaban J connectivity index is 2.05. The van der Waals surface area contributed by atoms with Crippen molar-refractivity contribution in [3.8, 4) is 11.5 Å². The van der Waals surface area contributed by atoms with Crippen LogP contribution < -0.4 is 0 Å². The minimum atomic E-state index is -1.17. The molecular weight excluding hydrogens is 282 g/mol. The third kappa shape index (κ3) is 2.11. The molecule has 0 aliphatic carbocycles. The number of aliphatic hydroxyl groups is 3. The summed E-state index contributed by atoms with van der Waals surface area (Å²) in [6.07, 6.45) is -0.778. The fourth-order valence-corrected chi connectivity index (χ4v) is 2.57. The van der Waals surface area contributed by atoms with Crippen LogP contribution in [0.25, 0.3) is 11.5 Å². The lowest BCUT2D eigenvalue weighted by molar-refractivity contribution is -0.0229. The Bertz CT molecular complexity index is 649. The number of nitrogens with zero attached hydrogens (tertiary/aromatic N) is 2. The van der Waals surface area contributed by atoms with Crippen LogP contribution in [-0.2, 0) is 4.74 Å². The maximum absolute atomic E-state index is 10.0. The Morgan fingerprint density at radius 2 is 2.15 bits per heavy atom. The summed E-state index contributed by atoms with van der Waals surface area (Å²) >= 11 is 5.19. The molecule has 0 aromatic carbocycles. The minimum Gasteiger partial charge on any atom is -0.394 e. The average Bonchev–Trinajstić information content (AvgIpc) is 2.74. The molecule has 1 saturated heterocycles. The van der Waals surface area contributed by atoms with E-state index in [0.717, 1.165) is 0 Å². The van der Waals surface area contributed by atoms with Gasteiger partial charge in [0, 0.05) is 18.0 Å². The van der Waals surface area contributed by atoms with Gasteiger partial charge >= 0.3 is 0 Å². The lowest BCUT2D eigenvalue weighted by Crippen LogP contribution is -2.32. The van der Waals surface area contributed by atoms with E-state index in [0.29, 0.717) is 17.1 Å². The van der Waals surface area contributed by atoms with Crippen molar-refractivity contribution in [2.45, 2.75) is 24.4 Å². The van der Waals surface area contributed by atoms with Crippen LogP contribution in [0.2, 0.25) is 0 Å². The molecule has 0 spiro atoms. The molecule has 7 nitrogen and oxygen atoms in total. The number of hydrogen-bond donors (Lipinski definition) is 4. The molecule has 1 unspecified atom stereocenters. The minimum absolute atomic E-state index is 0.261. The van der Waals surface area contributed by atoms with Crippen LogP contribution in [0.5, 0.6) is 0 Å². The molecule has 3 rings (SSSR count). The van der Waals surface area contributed by atoms with E-state index in [9.17, 15) is 10.2 Å². The summed E-state index contributed by atoms with van der Waals surface area (Å²) in [6, 6.07) is 1.67. The van der Waals surface area contributed by atoms with Gasteiger partial charge in [0.05, 0.1) is 6.61 Å². The monoisotopic (exact) mass is 295 g/mol. The van der Waals surface area contributed by atoms with Crippen LogP contribution in [-0.4, -0.2) is 55.2 Å². The predicted molar refractivity (Wildman–Crippen MR) is 70.6 cm³/mol. The van der Waals surface area contributed by atoms with Gasteiger partial charge in [-0.3, -0.25) is 4.98 Å². The standard InChI is InChI=1S/C12H13N3O4S/c16-4-7-8(17)9(18)10(19-7)5-3-6-11(15-12(5)20)14-2-1-13-6/h1-3,7-10,16-18H,4H2,(H,14,15,20)/t7-,8?,9+,10+/m1/s1. The summed E-state index contributed by atoms with van der Waals surface area (Å²) in [7, 11) is 0. The molecule has 0 aromatic rings. The van der Waals surface area contributed by atoms with Crippen molar-refractivity contribution in [1.82, 2.24) is 15.0 Å². The zero-order valence-corrected chi connectivity index (χ0v) is 11.1. The zero-order valence-electron chi connectivity index (χ0n) is 10.3. The van der Waals surface area contributed by atoms with Crippen molar-refractivity contribution in [2.75, 3.05) is 6.61 Å². The van der Waals surface area contributed by atoms with Crippen LogP contribution in [0, 0.1) is 4.64 Å². The topological polar surface area (TPSA) is 111 Å². The molecule has 3 aliphatic rings. The number of rotatable bonds is 2. The maximum Gasteiger partial charge on any atom is 0.157 e. The summed E-state index contributed by atoms with van der Waals surface area (Å²) in [4.78, 5) is 11.3. The molecular formula is C12H13N3O4S. The predicted octanol–water partition coefficient (Wildman–Crippen LogP) is -0.207. The number of pyridine rings is 1. The Labute approximate surface area is 119 Å². The summed E-state index contributed by atoms with van der Waals surface area (Å²) in [5.74, 6) is 0.535. The van der Waals surface area contributed by atoms with Gasteiger partial charge < -0.3 is 25.0 Å². The van der Waals surface area contributed by atoms with Gasteiger partial charge in [-0.05, 0) is 6.07 Å². The lowest BCUT2D eigenvalue weighted by atomic mass is 10.0. The van der Waals surface area contributed by atoms with Crippen molar-refractivity contribution in [2.24, 2.45) is 0 Å². The van der Waals surface area contributed by atoms with Crippen LogP contribution in [0.1, 0.15) is 11.7 Å². The molecule has 106 valence electrons. The highest BCUT2D eigenvalue weighted by Gasteiger charge is 2.43. The van der Waals surface area contributed by atoms with Gasteiger partial charge in [0.2, 0.25) is 0 Å². The molecule has 0 bridgehead atoms. The summed E-state index contributed by atoms with van der Waals surface area (Å²) < 4.78 is 5.72. The number of hydrogen-bond acceptors (Lipinski definition) is 7. The van der Waals surface area contributed by atoms with E-state index < -0.39 is 24.4 Å². The fraction of sp³-hybridized carbons (Fsp3) is 0.417. The number of ether oxygens (including phenoxy) is 1. The van der Waals surface area contributed by atoms with E-state index in [4.69, 9.17) is 22.1 Å². The number of aromatic nitrogens is 3. The number of aliphatic hydroxyl groups excluding tert-OH is 3. The molecule has 8 heteroatoms. The SMILES string of the molecule is OC[C@H]1O[C@@H](c2cc3ncc[nH]c-3nc2=S)[C@@H](O)C1O. The van der Waals surface area contributed by atoms with Crippen molar-refractivity contribution < 1.29 is 20.1 Å². The first kappa shape index (κ1) is 13.5. The van der Waals surface area contributed by atoms with Gasteiger partial charge in [-0.1, -0.05) is 12.2 Å². The summed E-state index contributed by atoms with van der Waals surface area (Å²) in [5, 5.41) is 28.9. The number of fused-ring (bicyclic) bond motifs is 1. The van der Waals surface area contributed by atoms with Crippen LogP contribution in [0.3, 0.4) is 0 Å². The van der Waals surface area contributed by atoms with E-state index in [2.05, 4.69) is 15.0 Å². The molecule has 20 heavy (non-hydrogen) atoms. The first-order valence-corrected chi connectivity index (χ1v) is 6.49. The highest BCUT2D eigenvalue weighted by atomic mass is 32.1. The maximum atomic E-state index is 10.0. The molecule has 4 atom stereocenters. The smallest absolute Gasteiger partial charge is 0.157 e. The van der Waals surface area contributed by atoms with Gasteiger partial charge in [-0.15, -0.1) is 0 Å². The van der Waals surface area contributed by atoms with Gasteiger partial charge in [-0.2, -0.15) is 0 Å². The van der Waals surface area contributed by atoms with E-state index in [1.807, 2.05) is 0 Å². The first-order valence-electron chi connectivity index (χ1n) is 6.08. The largest absolute Gasteiger partial charge is 0.394 e. The second-order valence-electron chi connectivity index (χ2n) is 4.60. The van der Waals surface area contributed by atoms with Crippen molar-refractivity contribution >= 4 is 12.2 Å². The zero-order chi connectivity index (χ0) is 14.3. The highest BCUT2D eigenvalue weighted by Crippen LogP contribution is 2.35. The molecule has 1 fully saturated rings. The van der Waals surface area contributed by atoms with E-state index in [-0.39, 0.29) is 11.2 Å². The molecule has 3 heterocycles. The van der Waals surface area contributed by atoms with Gasteiger partial charge in [0.25, 0.3) is 0 Å². The highest BCUT2D eigenvalue weighted by molar-refractivity contribution is 7.71. The van der Waals surface area contributed by atoms with Gasteiger partial charge in [0.1, 0.15) is 34.8 Å². The Morgan fingerprint density at radius 1 is 1.35 bits per heavy atom.